The number of likely N-dealkylation sites (N-methyl/N-ethyl adjacent to an activating group) is 1. The maximum absolute atomic E-state index is 15.5. The normalized spacial score (nSPS) is 23.2. The largest absolute Gasteiger partial charge is 0.464 e. The number of nitrogens with one attached hydrogen (secondary N) is 2. The number of thiazole rings is 1. The van der Waals surface area contributed by atoms with E-state index in [0.29, 0.717) is 76.4 Å². The molecular formula is C53H69N9O8S. The number of methoxy groups -OCH3 is 1. The molecule has 4 fully saturated rings. The zero-order valence-corrected chi connectivity index (χ0v) is 43.2. The van der Waals surface area contributed by atoms with Gasteiger partial charge in [-0.25, -0.2) is 15.2 Å². The number of rotatable bonds is 10. The molecule has 1 unspecified atom stereocenters. The van der Waals surface area contributed by atoms with Gasteiger partial charge in [0, 0.05) is 92.3 Å². The first-order chi connectivity index (χ1) is 33.9. The summed E-state index contributed by atoms with van der Waals surface area (Å²) in [6, 6.07) is 8.35. The number of fused-ring (bicyclic) bond motifs is 6. The number of carbonyl (C=O) groups is 5. The number of likely N-dealkylation sites (tertiary alicyclic amines) is 1. The number of hydrogen-bond acceptors (Lipinski definition) is 12. The van der Waals surface area contributed by atoms with Crippen molar-refractivity contribution in [3.05, 3.63) is 70.8 Å². The molecule has 17 nitrogen and oxygen atoms in total. The van der Waals surface area contributed by atoms with Crippen molar-refractivity contribution in [1.82, 2.24) is 45.0 Å². The third-order valence-electron chi connectivity index (χ3n) is 15.3. The van der Waals surface area contributed by atoms with E-state index in [-0.39, 0.29) is 55.4 Å². The number of pyridine rings is 1. The molecule has 5 aliphatic rings. The second-order valence-electron chi connectivity index (χ2n) is 21.3. The van der Waals surface area contributed by atoms with Crippen molar-refractivity contribution < 1.29 is 38.2 Å². The number of aromatic nitrogens is 3. The molecule has 380 valence electrons. The minimum atomic E-state index is -1.47. The second-order valence-corrected chi connectivity index (χ2v) is 22.2. The van der Waals surface area contributed by atoms with E-state index < -0.39 is 40.5 Å². The molecule has 18 heteroatoms. The van der Waals surface area contributed by atoms with Crippen molar-refractivity contribution in [3.63, 3.8) is 0 Å². The molecule has 1 spiro atoms. The first-order valence-electron chi connectivity index (χ1n) is 25.1. The van der Waals surface area contributed by atoms with Crippen LogP contribution in [0.15, 0.2) is 54.6 Å². The number of urea groups is 1. The fourth-order valence-electron chi connectivity index (χ4n) is 11.4. The maximum atomic E-state index is 15.5. The monoisotopic (exact) mass is 991 g/mol. The Balaban J connectivity index is 1.11. The van der Waals surface area contributed by atoms with Crippen molar-refractivity contribution in [1.29, 1.82) is 0 Å². The number of amides is 5. The number of hydrogen-bond donors (Lipinski definition) is 2. The highest BCUT2D eigenvalue weighted by Crippen LogP contribution is 2.45. The molecule has 4 aromatic rings. The Morgan fingerprint density at radius 2 is 1.86 bits per heavy atom. The van der Waals surface area contributed by atoms with Gasteiger partial charge in [-0.15, -0.1) is 11.3 Å². The van der Waals surface area contributed by atoms with Gasteiger partial charge in [0.15, 0.2) is 0 Å². The Bertz CT molecular complexity index is 2720. The molecule has 4 aliphatic heterocycles. The van der Waals surface area contributed by atoms with Gasteiger partial charge in [-0.3, -0.25) is 29.2 Å². The average Bonchev–Trinajstić information content (AvgIpc) is 4.05. The molecule has 0 radical (unpaired) electrons. The lowest BCUT2D eigenvalue weighted by atomic mass is 9.84. The molecule has 1 aromatic carbocycles. The molecule has 3 saturated heterocycles. The second kappa shape index (κ2) is 19.7. The lowest BCUT2D eigenvalue weighted by molar-refractivity contribution is -0.158. The Morgan fingerprint density at radius 3 is 2.56 bits per heavy atom. The van der Waals surface area contributed by atoms with Crippen LogP contribution in [0.1, 0.15) is 89.6 Å². The highest BCUT2D eigenvalue weighted by molar-refractivity contribution is 7.10. The molecule has 5 amide bonds. The third kappa shape index (κ3) is 9.36. The Morgan fingerprint density at radius 1 is 1.08 bits per heavy atom. The van der Waals surface area contributed by atoms with Crippen molar-refractivity contribution in [2.75, 3.05) is 60.2 Å². The number of carbonyl (C=O) groups excluding carboxylic acids is 5. The highest BCUT2D eigenvalue weighted by Gasteiger charge is 2.57. The molecule has 71 heavy (non-hydrogen) atoms. The van der Waals surface area contributed by atoms with Gasteiger partial charge in [-0.05, 0) is 93.7 Å². The molecule has 9 rings (SSSR count). The molecule has 1 aliphatic carbocycles. The van der Waals surface area contributed by atoms with Crippen molar-refractivity contribution in [3.8, 4) is 22.5 Å². The molecule has 4 atom stereocenters. The van der Waals surface area contributed by atoms with E-state index in [1.165, 1.54) is 27.3 Å². The molecule has 1 saturated carbocycles. The zero-order valence-electron chi connectivity index (χ0n) is 42.4. The summed E-state index contributed by atoms with van der Waals surface area (Å²) in [5.74, 6) is -2.08. The SMILES string of the molecule is C=CC(=O)N1CC2(COCCN2C(=O)N(C)[C@H](C(=O)NC2(C3CC3)Cc3nc(cs3)-c3ccc4c(c3)c(c(-c3cccnc3[C@H](C)OC)n4CC)CC(C)(C)COC(=O)[C@@H]3CCCN(N3)C2=O)C(C)C)C1. The van der Waals surface area contributed by atoms with Crippen LogP contribution in [-0.2, 0) is 52.8 Å². The topological polar surface area (TPSA) is 181 Å². The molecule has 2 N–H and O–H groups in total. The van der Waals surface area contributed by atoms with Crippen molar-refractivity contribution >= 4 is 52.0 Å². The summed E-state index contributed by atoms with van der Waals surface area (Å²) < 4.78 is 20.2. The molecular weight excluding hydrogens is 923 g/mol. The summed E-state index contributed by atoms with van der Waals surface area (Å²) in [7, 11) is 3.32. The van der Waals surface area contributed by atoms with Gasteiger partial charge >= 0.3 is 12.0 Å². The Hall–Kier alpha value is -5.69. The molecule has 3 aromatic heterocycles. The van der Waals surface area contributed by atoms with Crippen LogP contribution in [-0.4, -0.2) is 147 Å². The number of aryl methyl sites for hydroxylation is 1. The minimum absolute atomic E-state index is 0.0991. The first-order valence-corrected chi connectivity index (χ1v) is 26.0. The van der Waals surface area contributed by atoms with E-state index in [9.17, 15) is 14.4 Å². The Kier molecular flexibility index (Phi) is 14.0. The van der Waals surface area contributed by atoms with Crippen LogP contribution in [0.4, 0.5) is 4.79 Å². The minimum Gasteiger partial charge on any atom is -0.464 e. The van der Waals surface area contributed by atoms with E-state index in [0.717, 1.165) is 44.7 Å². The number of cyclic esters (lactones) is 1. The summed E-state index contributed by atoms with van der Waals surface area (Å²) in [5, 5.41) is 8.56. The van der Waals surface area contributed by atoms with Crippen LogP contribution in [0.25, 0.3) is 33.4 Å². The smallest absolute Gasteiger partial charge is 0.324 e. The summed E-state index contributed by atoms with van der Waals surface area (Å²) in [5.41, 5.74) is 7.18. The van der Waals surface area contributed by atoms with Crippen molar-refractivity contribution in [2.45, 2.75) is 116 Å². The highest BCUT2D eigenvalue weighted by atomic mass is 32.1. The third-order valence-corrected chi connectivity index (χ3v) is 16.1. The van der Waals surface area contributed by atoms with Crippen LogP contribution in [0.2, 0.25) is 0 Å². The lowest BCUT2D eigenvalue weighted by Gasteiger charge is -2.57. The van der Waals surface area contributed by atoms with Crippen LogP contribution in [0.3, 0.4) is 0 Å². The fourth-order valence-corrected chi connectivity index (χ4v) is 12.3. The van der Waals surface area contributed by atoms with Crippen LogP contribution < -0.4 is 10.7 Å². The van der Waals surface area contributed by atoms with Crippen LogP contribution in [0.5, 0.6) is 0 Å². The number of nitrogens with zero attached hydrogens (tertiary/aromatic N) is 7. The van der Waals surface area contributed by atoms with E-state index in [2.05, 4.69) is 66.9 Å². The van der Waals surface area contributed by atoms with E-state index in [1.807, 2.05) is 32.2 Å². The van der Waals surface area contributed by atoms with Crippen LogP contribution >= 0.6 is 11.3 Å². The number of esters is 1. The number of hydrazine groups is 1. The van der Waals surface area contributed by atoms with Gasteiger partial charge in [0.05, 0.1) is 48.0 Å². The molecule has 7 heterocycles. The van der Waals surface area contributed by atoms with E-state index in [1.54, 1.807) is 30.2 Å². The van der Waals surface area contributed by atoms with E-state index in [4.69, 9.17) is 24.2 Å². The number of morpholine rings is 1. The number of ether oxygens (including phenoxy) is 3. The van der Waals surface area contributed by atoms with Gasteiger partial charge in [-0.1, -0.05) is 40.3 Å². The first kappa shape index (κ1) is 50.3. The summed E-state index contributed by atoms with van der Waals surface area (Å²) in [6.07, 6.45) is 5.84. The lowest BCUT2D eigenvalue weighted by Crippen LogP contribution is -2.77. The van der Waals surface area contributed by atoms with Crippen LogP contribution in [0, 0.1) is 17.3 Å². The average molecular weight is 992 g/mol. The summed E-state index contributed by atoms with van der Waals surface area (Å²) in [4.78, 5) is 86.9. The Labute approximate surface area is 420 Å². The predicted molar refractivity (Wildman–Crippen MR) is 270 cm³/mol. The van der Waals surface area contributed by atoms with Gasteiger partial charge in [-0.2, -0.15) is 0 Å². The summed E-state index contributed by atoms with van der Waals surface area (Å²) in [6.45, 7) is 18.3. The number of benzene rings is 1. The van der Waals surface area contributed by atoms with Gasteiger partial charge < -0.3 is 38.8 Å². The predicted octanol–water partition coefficient (Wildman–Crippen LogP) is 6.16. The fraction of sp³-hybridized carbons (Fsp3) is 0.566. The van der Waals surface area contributed by atoms with Gasteiger partial charge in [0.25, 0.3) is 5.91 Å². The standard InChI is InChI=1S/C53H69N9O8S/c1-10-43(63)59-28-52(29-59)31-69-23-22-61(52)50(67)58(8)45(32(3)4)47(64)56-53(35-17-18-35)26-42-55-40(27-71-42)34-16-19-41-37(24-34)38(46(60(41)11-2)36-14-12-20-54-44(36)33(5)68-9)25-51(6,7)30-70-48(65)39-15-13-21-62(57-39)49(53)66/h10,12,14,16,19-20,24,27,32-33,35,39,45,57H,1,11,13,15,17-18,21-23,25-26,28-31H2,2-9H3,(H,56,64)/t33-,39-,45-,53?/m0/s1. The van der Waals surface area contributed by atoms with E-state index >= 15 is 9.59 Å². The maximum Gasteiger partial charge on any atom is 0.324 e. The molecule has 6 bridgehead atoms. The van der Waals surface area contributed by atoms with Crippen molar-refractivity contribution in [2.24, 2.45) is 17.3 Å². The zero-order chi connectivity index (χ0) is 50.6. The van der Waals surface area contributed by atoms with Gasteiger partial charge in [0.2, 0.25) is 11.8 Å². The van der Waals surface area contributed by atoms with Gasteiger partial charge in [0.1, 0.15) is 23.2 Å². The summed E-state index contributed by atoms with van der Waals surface area (Å²) >= 11 is 1.44. The quantitative estimate of drug-likeness (QED) is 0.137.